The minimum Gasteiger partial charge on any atom is -0.328 e. The summed E-state index contributed by atoms with van der Waals surface area (Å²) in [6, 6.07) is 7.75. The number of hydrogen-bond donors (Lipinski definition) is 1. The van der Waals surface area contributed by atoms with Gasteiger partial charge >= 0.3 is 0 Å². The number of hydrogen-bond acceptors (Lipinski definition) is 2. The molecule has 5 heteroatoms. The third kappa shape index (κ3) is 3.22. The van der Waals surface area contributed by atoms with E-state index < -0.39 is 0 Å². The molecule has 1 fully saturated rings. The van der Waals surface area contributed by atoms with Crippen molar-refractivity contribution in [3.8, 4) is 0 Å². The highest BCUT2D eigenvalue weighted by molar-refractivity contribution is 9.10. The fourth-order valence-electron chi connectivity index (χ4n) is 1.85. The van der Waals surface area contributed by atoms with E-state index >= 15 is 0 Å². The van der Waals surface area contributed by atoms with Gasteiger partial charge in [-0.1, -0.05) is 48.0 Å². The second kappa shape index (κ2) is 5.84. The van der Waals surface area contributed by atoms with Crippen molar-refractivity contribution < 1.29 is 4.79 Å². The van der Waals surface area contributed by atoms with E-state index in [1.807, 2.05) is 30.3 Å². The molecule has 0 unspecified atom stereocenters. The van der Waals surface area contributed by atoms with Crippen molar-refractivity contribution in [2.75, 3.05) is 6.54 Å². The van der Waals surface area contributed by atoms with E-state index in [0.717, 1.165) is 10.0 Å². The Hall–Kier alpha value is -1.20. The second-order valence-electron chi connectivity index (χ2n) is 4.82. The number of amides is 1. The van der Waals surface area contributed by atoms with Crippen LogP contribution in [0, 0.1) is 5.92 Å². The quantitative estimate of drug-likeness (QED) is 0.678. The molecule has 0 radical (unpaired) electrons. The van der Waals surface area contributed by atoms with E-state index in [-0.39, 0.29) is 5.91 Å². The summed E-state index contributed by atoms with van der Waals surface area (Å²) in [5.41, 5.74) is 1.48. The topological polar surface area (TPSA) is 32.3 Å². The van der Waals surface area contributed by atoms with Crippen LogP contribution >= 0.6 is 28.1 Å². The van der Waals surface area contributed by atoms with Gasteiger partial charge in [0.2, 0.25) is 0 Å². The van der Waals surface area contributed by atoms with Gasteiger partial charge < -0.3 is 5.32 Å². The molecule has 0 bridgehead atoms. The van der Waals surface area contributed by atoms with E-state index in [2.05, 4.69) is 35.1 Å². The molecule has 3 nitrogen and oxygen atoms in total. The normalized spacial score (nSPS) is 17.5. The number of carbonyl (C=O) groups is 1. The average molecular weight is 339 g/mol. The van der Waals surface area contributed by atoms with Gasteiger partial charge in [0, 0.05) is 11.0 Å². The molecule has 1 aliphatic heterocycles. The van der Waals surface area contributed by atoms with Crippen LogP contribution in [0.3, 0.4) is 0 Å². The third-order valence-electron chi connectivity index (χ3n) is 2.72. The minimum absolute atomic E-state index is 0.0607. The lowest BCUT2D eigenvalue weighted by molar-refractivity contribution is -0.122. The van der Waals surface area contributed by atoms with Gasteiger partial charge in [-0.3, -0.25) is 9.69 Å². The van der Waals surface area contributed by atoms with Crippen molar-refractivity contribution in [1.29, 1.82) is 0 Å². The summed E-state index contributed by atoms with van der Waals surface area (Å²) < 4.78 is 0.949. The van der Waals surface area contributed by atoms with Crippen molar-refractivity contribution in [3.63, 3.8) is 0 Å². The number of nitrogens with zero attached hydrogens (tertiary/aromatic N) is 1. The average Bonchev–Trinajstić information content (AvgIpc) is 2.60. The van der Waals surface area contributed by atoms with Crippen molar-refractivity contribution in [2.45, 2.75) is 13.8 Å². The van der Waals surface area contributed by atoms with Crippen LogP contribution in [0.5, 0.6) is 0 Å². The molecule has 1 saturated heterocycles. The predicted molar refractivity (Wildman–Crippen MR) is 84.4 cm³/mol. The summed E-state index contributed by atoms with van der Waals surface area (Å²) >= 11 is 8.67. The minimum atomic E-state index is -0.0607. The molecular weight excluding hydrogens is 324 g/mol. The van der Waals surface area contributed by atoms with Crippen LogP contribution in [0.25, 0.3) is 6.08 Å². The molecule has 1 amide bonds. The first-order chi connectivity index (χ1) is 8.99. The van der Waals surface area contributed by atoms with Gasteiger partial charge in [-0.05, 0) is 35.8 Å². The van der Waals surface area contributed by atoms with Crippen LogP contribution in [0.2, 0.25) is 0 Å². The van der Waals surface area contributed by atoms with Crippen LogP contribution in [-0.2, 0) is 4.79 Å². The largest absolute Gasteiger partial charge is 0.328 e. The number of nitrogens with one attached hydrogen (secondary N) is 1. The summed E-state index contributed by atoms with van der Waals surface area (Å²) in [5.74, 6) is 0.320. The van der Waals surface area contributed by atoms with Gasteiger partial charge in [0.1, 0.15) is 5.70 Å². The fraction of sp³-hybridized carbons (Fsp3) is 0.286. The molecule has 0 aromatic heterocycles. The molecule has 0 aliphatic carbocycles. The van der Waals surface area contributed by atoms with Gasteiger partial charge in [0.25, 0.3) is 5.91 Å². The first-order valence-corrected chi connectivity index (χ1v) is 7.28. The van der Waals surface area contributed by atoms with Gasteiger partial charge in [0.15, 0.2) is 5.11 Å². The maximum Gasteiger partial charge on any atom is 0.276 e. The monoisotopic (exact) mass is 338 g/mol. The van der Waals surface area contributed by atoms with E-state index in [9.17, 15) is 4.79 Å². The predicted octanol–water partition coefficient (Wildman–Crippen LogP) is 3.16. The van der Waals surface area contributed by atoms with Gasteiger partial charge in [-0.15, -0.1) is 0 Å². The molecule has 0 atom stereocenters. The number of thiocarbonyl (C=S) groups is 1. The Balaban J connectivity index is 2.26. The van der Waals surface area contributed by atoms with E-state index in [4.69, 9.17) is 12.2 Å². The lowest BCUT2D eigenvalue weighted by Crippen LogP contribution is -2.33. The Bertz CT molecular complexity index is 554. The summed E-state index contributed by atoms with van der Waals surface area (Å²) in [5, 5.41) is 3.47. The molecule has 0 spiro atoms. The third-order valence-corrected chi connectivity index (χ3v) is 3.76. The Kier molecular flexibility index (Phi) is 4.37. The van der Waals surface area contributed by atoms with Gasteiger partial charge in [-0.2, -0.15) is 0 Å². The molecule has 2 rings (SSSR count). The fourth-order valence-corrected chi connectivity index (χ4v) is 2.52. The maximum absolute atomic E-state index is 12.3. The smallest absolute Gasteiger partial charge is 0.276 e. The summed E-state index contributed by atoms with van der Waals surface area (Å²) in [6.07, 6.45) is 1.82. The van der Waals surface area contributed by atoms with Crippen molar-refractivity contribution in [2.24, 2.45) is 5.92 Å². The molecule has 100 valence electrons. The zero-order valence-corrected chi connectivity index (χ0v) is 13.2. The molecule has 0 saturated carbocycles. The summed E-state index contributed by atoms with van der Waals surface area (Å²) in [4.78, 5) is 13.9. The maximum atomic E-state index is 12.3. The highest BCUT2D eigenvalue weighted by Crippen LogP contribution is 2.21. The lowest BCUT2D eigenvalue weighted by atomic mass is 10.2. The number of carbonyl (C=O) groups excluding carboxylic acids is 1. The Morgan fingerprint density at radius 1 is 1.42 bits per heavy atom. The zero-order chi connectivity index (χ0) is 14.0. The van der Waals surface area contributed by atoms with Gasteiger partial charge in [-0.25, -0.2) is 0 Å². The molecular formula is C14H15BrN2OS. The summed E-state index contributed by atoms with van der Waals surface area (Å²) in [6.45, 7) is 4.76. The van der Waals surface area contributed by atoms with Crippen LogP contribution in [0.1, 0.15) is 19.4 Å². The first kappa shape index (κ1) is 14.2. The summed E-state index contributed by atoms with van der Waals surface area (Å²) in [7, 11) is 0. The van der Waals surface area contributed by atoms with Crippen molar-refractivity contribution in [3.05, 3.63) is 40.0 Å². The first-order valence-electron chi connectivity index (χ1n) is 6.08. The van der Waals surface area contributed by atoms with Crippen molar-refractivity contribution >= 4 is 45.2 Å². The number of benzene rings is 1. The molecule has 1 aliphatic rings. The molecule has 1 heterocycles. The van der Waals surface area contributed by atoms with Gasteiger partial charge in [0.05, 0.1) is 0 Å². The van der Waals surface area contributed by atoms with Crippen LogP contribution in [0.4, 0.5) is 0 Å². The number of rotatable bonds is 3. The van der Waals surface area contributed by atoms with E-state index in [1.54, 1.807) is 4.90 Å². The van der Waals surface area contributed by atoms with Crippen LogP contribution in [-0.4, -0.2) is 22.5 Å². The molecule has 1 aromatic carbocycles. The van der Waals surface area contributed by atoms with Crippen LogP contribution in [0.15, 0.2) is 34.4 Å². The SMILES string of the molecule is CC(C)CN1C(=O)/C(=C\c2ccccc2Br)NC1=S. The highest BCUT2D eigenvalue weighted by atomic mass is 79.9. The highest BCUT2D eigenvalue weighted by Gasteiger charge is 2.30. The molecule has 19 heavy (non-hydrogen) atoms. The number of halogens is 1. The van der Waals surface area contributed by atoms with Crippen LogP contribution < -0.4 is 5.32 Å². The Labute approximate surface area is 126 Å². The van der Waals surface area contributed by atoms with E-state index in [0.29, 0.717) is 23.3 Å². The van der Waals surface area contributed by atoms with Crippen molar-refractivity contribution in [1.82, 2.24) is 10.2 Å². The Morgan fingerprint density at radius 3 is 2.74 bits per heavy atom. The Morgan fingerprint density at radius 2 is 2.11 bits per heavy atom. The van der Waals surface area contributed by atoms with E-state index in [1.165, 1.54) is 0 Å². The molecule has 1 N–H and O–H groups in total. The second-order valence-corrected chi connectivity index (χ2v) is 6.06. The zero-order valence-electron chi connectivity index (χ0n) is 10.8. The lowest BCUT2D eigenvalue weighted by Gasteiger charge is -2.15. The standard InChI is InChI=1S/C14H15BrN2OS/c1-9(2)8-17-13(18)12(16-14(17)19)7-10-5-3-4-6-11(10)15/h3-7,9H,8H2,1-2H3,(H,16,19)/b12-7+. The molecule has 1 aromatic rings.